The molecule has 1 aromatic rings. The molecule has 2 rings (SSSR count). The van der Waals surface area contributed by atoms with E-state index in [9.17, 15) is 0 Å². The summed E-state index contributed by atoms with van der Waals surface area (Å²) in [7, 11) is 5.55. The maximum atomic E-state index is 5.55. The summed E-state index contributed by atoms with van der Waals surface area (Å²) in [5, 5.41) is 0. The van der Waals surface area contributed by atoms with Gasteiger partial charge in [-0.15, -0.1) is 0 Å². The number of benzene rings is 1. The minimum absolute atomic E-state index is 0.848. The van der Waals surface area contributed by atoms with Gasteiger partial charge < -0.3 is 0 Å². The fourth-order valence-electron chi connectivity index (χ4n) is 1.18. The molecule has 0 spiro atoms. The quantitative estimate of drug-likeness (QED) is 0.501. The van der Waals surface area contributed by atoms with E-state index in [0.29, 0.717) is 0 Å². The number of hydrogen-bond donors (Lipinski definition) is 0. The molecule has 1 heteroatoms. The van der Waals surface area contributed by atoms with E-state index in [0.717, 1.165) is 11.4 Å². The smallest absolute Gasteiger partial charge is 0.0967 e. The molecule has 1 aliphatic carbocycles. The second-order valence-electron chi connectivity index (χ2n) is 2.94. The van der Waals surface area contributed by atoms with Crippen LogP contribution in [0.3, 0.4) is 0 Å². The van der Waals surface area contributed by atoms with E-state index in [1.54, 1.807) is 0 Å². The second-order valence-corrected chi connectivity index (χ2v) is 2.94. The lowest BCUT2D eigenvalue weighted by atomic mass is 9.94. The first-order valence-corrected chi connectivity index (χ1v) is 3.72. The van der Waals surface area contributed by atoms with Gasteiger partial charge in [-0.2, -0.15) is 0 Å². The van der Waals surface area contributed by atoms with Crippen molar-refractivity contribution >= 4 is 13.3 Å². The summed E-state index contributed by atoms with van der Waals surface area (Å²) >= 11 is 0. The Balaban J connectivity index is 2.28. The van der Waals surface area contributed by atoms with Crippen LogP contribution in [0.2, 0.25) is 0 Å². The van der Waals surface area contributed by atoms with Gasteiger partial charge in [0.1, 0.15) is 7.85 Å². The van der Waals surface area contributed by atoms with Gasteiger partial charge in [0.2, 0.25) is 0 Å². The summed E-state index contributed by atoms with van der Waals surface area (Å²) in [6, 6.07) is 8.22. The van der Waals surface area contributed by atoms with E-state index in [4.69, 9.17) is 7.85 Å². The van der Waals surface area contributed by atoms with E-state index in [1.807, 2.05) is 12.1 Å². The first-order chi connectivity index (χ1) is 4.86. The molecule has 0 saturated heterocycles. The highest BCUT2D eigenvalue weighted by molar-refractivity contribution is 6.32. The highest BCUT2D eigenvalue weighted by Gasteiger charge is 2.22. The number of hydrogen-bond acceptors (Lipinski definition) is 0. The Kier molecular flexibility index (Phi) is 1.30. The number of rotatable bonds is 1. The van der Waals surface area contributed by atoms with Crippen LogP contribution in [0.1, 0.15) is 24.3 Å². The molecule has 1 saturated carbocycles. The predicted molar refractivity (Wildman–Crippen MR) is 43.8 cm³/mol. The molecule has 0 nitrogen and oxygen atoms in total. The van der Waals surface area contributed by atoms with Crippen LogP contribution in [-0.4, -0.2) is 7.85 Å². The highest BCUT2D eigenvalue weighted by atomic mass is 14.3. The maximum Gasteiger partial charge on any atom is 0.113 e. The predicted octanol–water partition coefficient (Wildman–Crippen LogP) is 1.36. The first-order valence-electron chi connectivity index (χ1n) is 3.72. The van der Waals surface area contributed by atoms with Crippen molar-refractivity contribution in [1.29, 1.82) is 0 Å². The lowest BCUT2D eigenvalue weighted by molar-refractivity contribution is 1.13. The molecule has 1 fully saturated rings. The van der Waals surface area contributed by atoms with Crippen molar-refractivity contribution in [2.45, 2.75) is 18.8 Å². The molecule has 10 heavy (non-hydrogen) atoms. The molecule has 0 aliphatic heterocycles. The van der Waals surface area contributed by atoms with E-state index in [2.05, 4.69) is 12.1 Å². The van der Waals surface area contributed by atoms with E-state index >= 15 is 0 Å². The molecule has 1 aliphatic rings. The summed E-state index contributed by atoms with van der Waals surface area (Å²) in [6.07, 6.45) is 2.73. The highest BCUT2D eigenvalue weighted by Crippen LogP contribution is 2.39. The minimum atomic E-state index is 0.848. The van der Waals surface area contributed by atoms with E-state index < -0.39 is 0 Å². The molecule has 48 valence electrons. The standard InChI is InChI=1S/C9H9B/c10-9-5-3-8(4-6-9)7-1-2-7/h3-7H,1-2H2. The lowest BCUT2D eigenvalue weighted by Gasteiger charge is -1.96. The fraction of sp³-hybridized carbons (Fsp3) is 0.333. The van der Waals surface area contributed by atoms with E-state index in [1.165, 1.54) is 18.4 Å². The summed E-state index contributed by atoms with van der Waals surface area (Å²) in [5.41, 5.74) is 2.32. The summed E-state index contributed by atoms with van der Waals surface area (Å²) in [4.78, 5) is 0. The van der Waals surface area contributed by atoms with Gasteiger partial charge >= 0.3 is 0 Å². The van der Waals surface area contributed by atoms with Crippen molar-refractivity contribution in [1.82, 2.24) is 0 Å². The zero-order valence-electron chi connectivity index (χ0n) is 5.88. The van der Waals surface area contributed by atoms with Crippen molar-refractivity contribution < 1.29 is 0 Å². The second kappa shape index (κ2) is 2.15. The zero-order chi connectivity index (χ0) is 6.97. The molecule has 0 amide bonds. The average Bonchev–Trinajstić information content (AvgIpc) is 2.71. The third-order valence-corrected chi connectivity index (χ3v) is 1.99. The Bertz CT molecular complexity index is 221. The van der Waals surface area contributed by atoms with Crippen LogP contribution in [0, 0.1) is 0 Å². The molecule has 1 aromatic carbocycles. The molecular weight excluding hydrogens is 119 g/mol. The van der Waals surface area contributed by atoms with Gasteiger partial charge in [0, 0.05) is 0 Å². The molecule has 0 unspecified atom stereocenters. The molecule has 0 heterocycles. The van der Waals surface area contributed by atoms with Crippen molar-refractivity contribution in [2.24, 2.45) is 0 Å². The van der Waals surface area contributed by atoms with Crippen molar-refractivity contribution in [2.75, 3.05) is 0 Å². The molecule has 0 aromatic heterocycles. The fourth-order valence-corrected chi connectivity index (χ4v) is 1.18. The Morgan fingerprint density at radius 2 is 1.70 bits per heavy atom. The van der Waals surface area contributed by atoms with Crippen LogP contribution < -0.4 is 5.46 Å². The SMILES string of the molecule is [B]c1ccc(C2CC2)cc1. The molecular formula is C9H9B. The van der Waals surface area contributed by atoms with Crippen LogP contribution in [0.5, 0.6) is 0 Å². The van der Waals surface area contributed by atoms with Gasteiger partial charge in [-0.1, -0.05) is 29.7 Å². The molecule has 0 atom stereocenters. The normalized spacial score (nSPS) is 17.2. The van der Waals surface area contributed by atoms with Gasteiger partial charge in [-0.05, 0) is 24.3 Å². The summed E-state index contributed by atoms with van der Waals surface area (Å²) in [6.45, 7) is 0. The minimum Gasteiger partial charge on any atom is -0.0967 e. The van der Waals surface area contributed by atoms with Gasteiger partial charge in [-0.3, -0.25) is 0 Å². The first kappa shape index (κ1) is 6.02. The Morgan fingerprint density at radius 1 is 1.10 bits per heavy atom. The van der Waals surface area contributed by atoms with Gasteiger partial charge in [0.05, 0.1) is 0 Å². The van der Waals surface area contributed by atoms with Crippen LogP contribution in [0.15, 0.2) is 24.3 Å². The van der Waals surface area contributed by atoms with Gasteiger partial charge in [-0.25, -0.2) is 0 Å². The van der Waals surface area contributed by atoms with Crippen LogP contribution in [-0.2, 0) is 0 Å². The third kappa shape index (κ3) is 1.09. The Morgan fingerprint density at radius 3 is 2.20 bits per heavy atom. The van der Waals surface area contributed by atoms with Crippen LogP contribution in [0.4, 0.5) is 0 Å². The topological polar surface area (TPSA) is 0 Å². The van der Waals surface area contributed by atoms with Crippen molar-refractivity contribution in [3.8, 4) is 0 Å². The largest absolute Gasteiger partial charge is 0.113 e. The van der Waals surface area contributed by atoms with Crippen LogP contribution >= 0.6 is 0 Å². The molecule has 0 bridgehead atoms. The van der Waals surface area contributed by atoms with E-state index in [-0.39, 0.29) is 0 Å². The monoisotopic (exact) mass is 128 g/mol. The third-order valence-electron chi connectivity index (χ3n) is 1.99. The van der Waals surface area contributed by atoms with Crippen LogP contribution in [0.25, 0.3) is 0 Å². The maximum absolute atomic E-state index is 5.55. The Labute approximate surface area is 62.7 Å². The summed E-state index contributed by atoms with van der Waals surface area (Å²) in [5.74, 6) is 0.848. The summed E-state index contributed by atoms with van der Waals surface area (Å²) < 4.78 is 0. The van der Waals surface area contributed by atoms with Crippen molar-refractivity contribution in [3.05, 3.63) is 29.8 Å². The Hall–Kier alpha value is -0.715. The zero-order valence-corrected chi connectivity index (χ0v) is 5.88. The lowest BCUT2D eigenvalue weighted by Crippen LogP contribution is -1.99. The molecule has 2 radical (unpaired) electrons. The van der Waals surface area contributed by atoms with Crippen molar-refractivity contribution in [3.63, 3.8) is 0 Å². The average molecular weight is 128 g/mol. The molecule has 0 N–H and O–H groups in total. The van der Waals surface area contributed by atoms with Gasteiger partial charge in [0.15, 0.2) is 0 Å². The van der Waals surface area contributed by atoms with Gasteiger partial charge in [0.25, 0.3) is 0 Å².